The molecule has 1 heterocycles. The summed E-state index contributed by atoms with van der Waals surface area (Å²) in [6.45, 7) is 0. The molecule has 0 aliphatic heterocycles. The molecule has 1 aromatic heterocycles. The van der Waals surface area contributed by atoms with Gasteiger partial charge in [-0.2, -0.15) is 0 Å². The van der Waals surface area contributed by atoms with Crippen LogP contribution in [0.15, 0.2) is 30.0 Å². The minimum absolute atomic E-state index is 0.0142. The molecule has 0 saturated heterocycles. The monoisotopic (exact) mass is 265 g/mol. The van der Waals surface area contributed by atoms with Crippen LogP contribution in [0.4, 0.5) is 0 Å². The Balaban J connectivity index is 2.18. The van der Waals surface area contributed by atoms with Crippen LogP contribution in [0.5, 0.6) is 0 Å². The van der Waals surface area contributed by atoms with Crippen molar-refractivity contribution in [3.8, 4) is 0 Å². The molecule has 1 aliphatic carbocycles. The fourth-order valence-electron chi connectivity index (χ4n) is 2.42. The van der Waals surface area contributed by atoms with E-state index in [2.05, 4.69) is 16.5 Å². The number of allylic oxidation sites excluding steroid dienone is 1. The smallest absolute Gasteiger partial charge is 0.0841 e. The highest BCUT2D eigenvalue weighted by Crippen LogP contribution is 2.27. The Bertz CT molecular complexity index is 400. The number of hydrogen-bond acceptors (Lipinski definition) is 3. The second-order valence-corrected chi connectivity index (χ2v) is 5.17. The van der Waals surface area contributed by atoms with Crippen LogP contribution in [0.2, 0.25) is 5.02 Å². The first-order chi connectivity index (χ1) is 8.81. The second kappa shape index (κ2) is 6.88. The van der Waals surface area contributed by atoms with Gasteiger partial charge in [-0.25, -0.2) is 5.43 Å². The van der Waals surface area contributed by atoms with Crippen LogP contribution in [0.3, 0.4) is 0 Å². The summed E-state index contributed by atoms with van der Waals surface area (Å²) in [7, 11) is 0. The minimum atomic E-state index is 0.0142. The van der Waals surface area contributed by atoms with E-state index >= 15 is 0 Å². The zero-order valence-electron chi connectivity index (χ0n) is 10.5. The quantitative estimate of drug-likeness (QED) is 0.499. The Morgan fingerprint density at radius 3 is 2.78 bits per heavy atom. The van der Waals surface area contributed by atoms with Crippen molar-refractivity contribution in [1.82, 2.24) is 10.4 Å². The minimum Gasteiger partial charge on any atom is -0.271 e. The summed E-state index contributed by atoms with van der Waals surface area (Å²) in [6, 6.07) is 3.81. The van der Waals surface area contributed by atoms with E-state index in [0.29, 0.717) is 5.02 Å². The molecule has 2 rings (SSSR count). The summed E-state index contributed by atoms with van der Waals surface area (Å²) in [6.07, 6.45) is 11.4. The molecular weight excluding hydrogens is 246 g/mol. The van der Waals surface area contributed by atoms with Crippen molar-refractivity contribution in [3.63, 3.8) is 0 Å². The van der Waals surface area contributed by atoms with Crippen molar-refractivity contribution in [2.75, 3.05) is 0 Å². The van der Waals surface area contributed by atoms with E-state index < -0.39 is 0 Å². The zero-order valence-corrected chi connectivity index (χ0v) is 11.3. The molecule has 98 valence electrons. The lowest BCUT2D eigenvalue weighted by Gasteiger charge is -2.21. The number of nitrogens with zero attached hydrogens (tertiary/aromatic N) is 1. The topological polar surface area (TPSA) is 50.9 Å². The van der Waals surface area contributed by atoms with Gasteiger partial charge in [-0.05, 0) is 37.8 Å². The van der Waals surface area contributed by atoms with Crippen LogP contribution in [0, 0.1) is 0 Å². The van der Waals surface area contributed by atoms with Crippen LogP contribution < -0.4 is 11.3 Å². The first-order valence-electron chi connectivity index (χ1n) is 6.58. The molecule has 3 N–H and O–H groups in total. The van der Waals surface area contributed by atoms with Gasteiger partial charge in [0.25, 0.3) is 0 Å². The molecule has 0 fully saturated rings. The Labute approximate surface area is 113 Å². The highest BCUT2D eigenvalue weighted by atomic mass is 35.5. The highest BCUT2D eigenvalue weighted by molar-refractivity contribution is 6.30. The Kier molecular flexibility index (Phi) is 5.17. The predicted molar refractivity (Wildman–Crippen MR) is 75.1 cm³/mol. The number of halogens is 1. The molecule has 1 aromatic rings. The first kappa shape index (κ1) is 13.5. The van der Waals surface area contributed by atoms with Crippen molar-refractivity contribution in [1.29, 1.82) is 0 Å². The molecule has 1 unspecified atom stereocenters. The number of nitrogens with two attached hydrogens (primary N) is 1. The van der Waals surface area contributed by atoms with Crippen LogP contribution in [0.1, 0.15) is 50.3 Å². The molecule has 4 heteroatoms. The number of nitrogens with one attached hydrogen (secondary N) is 1. The maximum atomic E-state index is 5.86. The summed E-state index contributed by atoms with van der Waals surface area (Å²) in [5.74, 6) is 5.70. The van der Waals surface area contributed by atoms with Crippen LogP contribution >= 0.6 is 11.6 Å². The Hall–Kier alpha value is -0.900. The van der Waals surface area contributed by atoms with Gasteiger partial charge in [0.1, 0.15) is 0 Å². The third-order valence-electron chi connectivity index (χ3n) is 3.41. The lowest BCUT2D eigenvalue weighted by atomic mass is 9.93. The zero-order chi connectivity index (χ0) is 12.8. The van der Waals surface area contributed by atoms with Gasteiger partial charge >= 0.3 is 0 Å². The van der Waals surface area contributed by atoms with Gasteiger partial charge in [0.05, 0.1) is 16.8 Å². The molecule has 3 nitrogen and oxygen atoms in total. The molecule has 0 amide bonds. The molecule has 0 aromatic carbocycles. The molecule has 0 saturated carbocycles. The second-order valence-electron chi connectivity index (χ2n) is 4.73. The van der Waals surface area contributed by atoms with E-state index in [-0.39, 0.29) is 6.04 Å². The van der Waals surface area contributed by atoms with Gasteiger partial charge in [0.15, 0.2) is 0 Å². The molecule has 0 bridgehead atoms. The van der Waals surface area contributed by atoms with Crippen LogP contribution in [-0.4, -0.2) is 4.98 Å². The molecule has 18 heavy (non-hydrogen) atoms. The summed E-state index contributed by atoms with van der Waals surface area (Å²) in [5, 5.41) is 0.654. The van der Waals surface area contributed by atoms with E-state index in [1.165, 1.54) is 31.3 Å². The fraction of sp³-hybridized carbons (Fsp3) is 0.500. The standard InChI is InChI=1S/C14H20ClN3/c15-12-8-9-13(17-10-12)14(18-16)11-6-4-2-1-3-5-7-11/h6,8-10,14,18H,1-5,7,16H2/b11-6+. The van der Waals surface area contributed by atoms with Crippen molar-refractivity contribution >= 4 is 11.6 Å². The van der Waals surface area contributed by atoms with E-state index in [0.717, 1.165) is 18.5 Å². The number of pyridine rings is 1. The Morgan fingerprint density at radius 1 is 1.22 bits per heavy atom. The molecule has 0 spiro atoms. The van der Waals surface area contributed by atoms with E-state index in [4.69, 9.17) is 17.4 Å². The molecule has 0 radical (unpaired) electrons. The summed E-state index contributed by atoms with van der Waals surface area (Å²) in [5.41, 5.74) is 5.17. The van der Waals surface area contributed by atoms with Crippen molar-refractivity contribution in [3.05, 3.63) is 40.7 Å². The van der Waals surface area contributed by atoms with Crippen molar-refractivity contribution < 1.29 is 0 Å². The van der Waals surface area contributed by atoms with Gasteiger partial charge in [0.2, 0.25) is 0 Å². The molecular formula is C14H20ClN3. The number of hydrazine groups is 1. The largest absolute Gasteiger partial charge is 0.271 e. The third kappa shape index (κ3) is 3.55. The van der Waals surface area contributed by atoms with Gasteiger partial charge in [-0.1, -0.05) is 36.1 Å². The highest BCUT2D eigenvalue weighted by Gasteiger charge is 2.16. The lowest BCUT2D eigenvalue weighted by molar-refractivity contribution is 0.547. The predicted octanol–water partition coefficient (Wildman–Crippen LogP) is 3.52. The normalized spacial score (nSPS) is 21.6. The molecule has 1 aliphatic rings. The van der Waals surface area contributed by atoms with Gasteiger partial charge in [0, 0.05) is 6.20 Å². The van der Waals surface area contributed by atoms with Gasteiger partial charge < -0.3 is 0 Å². The number of aromatic nitrogens is 1. The Morgan fingerprint density at radius 2 is 2.06 bits per heavy atom. The van der Waals surface area contributed by atoms with E-state index in [1.54, 1.807) is 6.20 Å². The fourth-order valence-corrected chi connectivity index (χ4v) is 2.53. The van der Waals surface area contributed by atoms with Crippen LogP contribution in [0.25, 0.3) is 0 Å². The summed E-state index contributed by atoms with van der Waals surface area (Å²) >= 11 is 5.86. The average molecular weight is 266 g/mol. The van der Waals surface area contributed by atoms with Crippen molar-refractivity contribution in [2.24, 2.45) is 5.84 Å². The number of hydrogen-bond donors (Lipinski definition) is 2. The van der Waals surface area contributed by atoms with E-state index in [9.17, 15) is 0 Å². The third-order valence-corrected chi connectivity index (χ3v) is 3.63. The van der Waals surface area contributed by atoms with Gasteiger partial charge in [-0.3, -0.25) is 10.8 Å². The van der Waals surface area contributed by atoms with E-state index in [1.807, 2.05) is 12.1 Å². The molecule has 1 atom stereocenters. The van der Waals surface area contributed by atoms with Crippen LogP contribution in [-0.2, 0) is 0 Å². The van der Waals surface area contributed by atoms with Gasteiger partial charge in [-0.15, -0.1) is 0 Å². The summed E-state index contributed by atoms with van der Waals surface area (Å²) < 4.78 is 0. The van der Waals surface area contributed by atoms with Crippen molar-refractivity contribution in [2.45, 2.75) is 44.6 Å². The average Bonchev–Trinajstić information content (AvgIpc) is 2.34. The first-order valence-corrected chi connectivity index (χ1v) is 6.95. The maximum absolute atomic E-state index is 5.86. The SMILES string of the molecule is NNC(/C1=C/CCCCCC1)c1ccc(Cl)cn1. The maximum Gasteiger partial charge on any atom is 0.0841 e. The number of rotatable bonds is 3. The summed E-state index contributed by atoms with van der Waals surface area (Å²) in [4.78, 5) is 4.36. The lowest BCUT2D eigenvalue weighted by Crippen LogP contribution is -2.30.